The number of carbonyl (C=O) groups excluding carboxylic acids is 1. The van der Waals surface area contributed by atoms with Crippen molar-refractivity contribution < 1.29 is 14.1 Å². The van der Waals surface area contributed by atoms with Gasteiger partial charge in [0.2, 0.25) is 5.89 Å². The smallest absolute Gasteiger partial charge is 0.322 e. The highest BCUT2D eigenvalue weighted by Crippen LogP contribution is 2.30. The molecule has 0 spiro atoms. The molecule has 1 aliphatic rings. The Morgan fingerprint density at radius 3 is 2.83 bits per heavy atom. The van der Waals surface area contributed by atoms with Gasteiger partial charge in [-0.15, -0.1) is 0 Å². The molecular weight excluding hydrogens is 234 g/mol. The topological polar surface area (TPSA) is 68.5 Å². The van der Waals surface area contributed by atoms with Crippen LogP contribution in [0.25, 0.3) is 0 Å². The molecule has 0 aromatic carbocycles. The van der Waals surface area contributed by atoms with E-state index in [0.717, 1.165) is 19.3 Å². The molecule has 0 N–H and O–H groups in total. The van der Waals surface area contributed by atoms with Gasteiger partial charge in [-0.2, -0.15) is 4.98 Å². The fraction of sp³-hybridized carbons (Fsp3) is 0.750. The van der Waals surface area contributed by atoms with Crippen LogP contribution in [0.4, 0.5) is 0 Å². The summed E-state index contributed by atoms with van der Waals surface area (Å²) in [4.78, 5) is 17.9. The Morgan fingerprint density at radius 1 is 1.61 bits per heavy atom. The minimum atomic E-state index is -0.278. The molecule has 0 radical (unpaired) electrons. The van der Waals surface area contributed by atoms with Crippen molar-refractivity contribution in [3.8, 4) is 0 Å². The van der Waals surface area contributed by atoms with Crippen molar-refractivity contribution in [1.29, 1.82) is 0 Å². The van der Waals surface area contributed by atoms with E-state index in [-0.39, 0.29) is 12.0 Å². The molecule has 2 rings (SSSR count). The van der Waals surface area contributed by atoms with Crippen molar-refractivity contribution in [1.82, 2.24) is 15.0 Å². The number of carbonyl (C=O) groups is 1. The molecule has 0 saturated heterocycles. The normalized spacial score (nSPS) is 16.9. The first-order valence-corrected chi connectivity index (χ1v) is 6.30. The van der Waals surface area contributed by atoms with E-state index in [0.29, 0.717) is 24.3 Å². The highest BCUT2D eigenvalue weighted by molar-refractivity contribution is 5.75. The second-order valence-corrected chi connectivity index (χ2v) is 4.56. The van der Waals surface area contributed by atoms with Crippen LogP contribution in [0, 0.1) is 0 Å². The van der Waals surface area contributed by atoms with Crippen LogP contribution in [0.1, 0.15) is 38.4 Å². The lowest BCUT2D eigenvalue weighted by molar-refractivity contribution is -0.147. The third-order valence-corrected chi connectivity index (χ3v) is 3.20. The first-order valence-electron chi connectivity index (χ1n) is 6.30. The molecule has 1 aromatic rings. The fourth-order valence-corrected chi connectivity index (χ4v) is 1.95. The zero-order chi connectivity index (χ0) is 13.1. The summed E-state index contributed by atoms with van der Waals surface area (Å²) in [5, 5.41) is 3.86. The first-order chi connectivity index (χ1) is 8.65. The molecule has 1 fully saturated rings. The van der Waals surface area contributed by atoms with Gasteiger partial charge in [-0.05, 0) is 19.8 Å². The molecule has 0 amide bonds. The minimum absolute atomic E-state index is 0.225. The Balaban J connectivity index is 2.04. The van der Waals surface area contributed by atoms with Gasteiger partial charge in [0.25, 0.3) is 0 Å². The number of methoxy groups -OCH3 is 1. The molecular formula is C12H19N3O3. The van der Waals surface area contributed by atoms with Gasteiger partial charge >= 0.3 is 5.97 Å². The summed E-state index contributed by atoms with van der Waals surface area (Å²) in [6, 6.07) is 0.149. The number of esters is 1. The summed E-state index contributed by atoms with van der Waals surface area (Å²) < 4.78 is 9.96. The summed E-state index contributed by atoms with van der Waals surface area (Å²) >= 11 is 0. The standard InChI is InChI=1S/C12H19N3O3/c1-4-10-13-11(18-14-10)7-15(9-5-6-9)8(2)12(16)17-3/h8-9H,4-7H2,1-3H3. The predicted molar refractivity (Wildman–Crippen MR) is 63.7 cm³/mol. The van der Waals surface area contributed by atoms with Crippen LogP contribution in [0.5, 0.6) is 0 Å². The van der Waals surface area contributed by atoms with Crippen LogP contribution in [0.15, 0.2) is 4.52 Å². The molecule has 0 bridgehead atoms. The Morgan fingerprint density at radius 2 is 2.33 bits per heavy atom. The molecule has 1 aromatic heterocycles. The molecule has 6 heteroatoms. The molecule has 1 heterocycles. The van der Waals surface area contributed by atoms with Gasteiger partial charge in [-0.25, -0.2) is 0 Å². The van der Waals surface area contributed by atoms with E-state index in [1.54, 1.807) is 0 Å². The van der Waals surface area contributed by atoms with Gasteiger partial charge in [0, 0.05) is 12.5 Å². The SMILES string of the molecule is CCc1noc(CN(C2CC2)C(C)C(=O)OC)n1. The van der Waals surface area contributed by atoms with E-state index in [1.165, 1.54) is 7.11 Å². The van der Waals surface area contributed by atoms with Crippen molar-refractivity contribution in [2.24, 2.45) is 0 Å². The average molecular weight is 253 g/mol. The second-order valence-electron chi connectivity index (χ2n) is 4.56. The number of aromatic nitrogens is 2. The van der Waals surface area contributed by atoms with Gasteiger partial charge in [-0.1, -0.05) is 12.1 Å². The maximum absolute atomic E-state index is 11.6. The highest BCUT2D eigenvalue weighted by Gasteiger charge is 2.36. The fourth-order valence-electron chi connectivity index (χ4n) is 1.95. The monoisotopic (exact) mass is 253 g/mol. The minimum Gasteiger partial charge on any atom is -0.468 e. The van der Waals surface area contributed by atoms with Gasteiger partial charge in [0.1, 0.15) is 6.04 Å². The van der Waals surface area contributed by atoms with Crippen LogP contribution in [-0.2, 0) is 22.5 Å². The summed E-state index contributed by atoms with van der Waals surface area (Å²) in [6.07, 6.45) is 2.96. The summed E-state index contributed by atoms with van der Waals surface area (Å²) in [6.45, 7) is 4.33. The van der Waals surface area contributed by atoms with Crippen LogP contribution >= 0.6 is 0 Å². The van der Waals surface area contributed by atoms with Gasteiger partial charge in [0.15, 0.2) is 5.82 Å². The zero-order valence-corrected chi connectivity index (χ0v) is 11.0. The van der Waals surface area contributed by atoms with Gasteiger partial charge in [-0.3, -0.25) is 9.69 Å². The van der Waals surface area contributed by atoms with E-state index in [4.69, 9.17) is 9.26 Å². The number of aryl methyl sites for hydroxylation is 1. The molecule has 1 aliphatic carbocycles. The Hall–Kier alpha value is -1.43. The number of hydrogen-bond donors (Lipinski definition) is 0. The van der Waals surface area contributed by atoms with E-state index < -0.39 is 0 Å². The van der Waals surface area contributed by atoms with Crippen molar-refractivity contribution in [3.05, 3.63) is 11.7 Å². The highest BCUT2D eigenvalue weighted by atomic mass is 16.5. The van der Waals surface area contributed by atoms with E-state index in [2.05, 4.69) is 15.0 Å². The number of nitrogens with zero attached hydrogens (tertiary/aromatic N) is 3. The van der Waals surface area contributed by atoms with Crippen LogP contribution in [0.3, 0.4) is 0 Å². The first kappa shape index (κ1) is 13.0. The third kappa shape index (κ3) is 2.87. The quantitative estimate of drug-likeness (QED) is 0.709. The van der Waals surface area contributed by atoms with E-state index in [9.17, 15) is 4.79 Å². The van der Waals surface area contributed by atoms with E-state index in [1.807, 2.05) is 13.8 Å². The molecule has 1 saturated carbocycles. The summed E-state index contributed by atoms with van der Waals surface area (Å²) in [5.41, 5.74) is 0. The van der Waals surface area contributed by atoms with E-state index >= 15 is 0 Å². The second kappa shape index (κ2) is 5.48. The molecule has 1 unspecified atom stereocenters. The van der Waals surface area contributed by atoms with Crippen molar-refractivity contribution in [2.75, 3.05) is 7.11 Å². The van der Waals surface area contributed by atoms with Crippen molar-refractivity contribution >= 4 is 5.97 Å². The Bertz CT molecular complexity index is 414. The lowest BCUT2D eigenvalue weighted by Crippen LogP contribution is -2.40. The third-order valence-electron chi connectivity index (χ3n) is 3.20. The number of ether oxygens (including phenoxy) is 1. The van der Waals surface area contributed by atoms with Crippen LogP contribution < -0.4 is 0 Å². The predicted octanol–water partition coefficient (Wildman–Crippen LogP) is 1.16. The van der Waals surface area contributed by atoms with Gasteiger partial charge < -0.3 is 9.26 Å². The zero-order valence-electron chi connectivity index (χ0n) is 11.0. The summed E-state index contributed by atoms with van der Waals surface area (Å²) in [7, 11) is 1.41. The molecule has 18 heavy (non-hydrogen) atoms. The molecule has 1 atom stereocenters. The number of rotatable bonds is 6. The van der Waals surface area contributed by atoms with Crippen LogP contribution in [0.2, 0.25) is 0 Å². The van der Waals surface area contributed by atoms with Crippen molar-refractivity contribution in [3.63, 3.8) is 0 Å². The van der Waals surface area contributed by atoms with Gasteiger partial charge in [0.05, 0.1) is 13.7 Å². The number of hydrogen-bond acceptors (Lipinski definition) is 6. The largest absolute Gasteiger partial charge is 0.468 e. The molecule has 100 valence electrons. The average Bonchev–Trinajstić information content (AvgIpc) is 3.13. The lowest BCUT2D eigenvalue weighted by atomic mass is 10.2. The van der Waals surface area contributed by atoms with Crippen molar-refractivity contribution in [2.45, 2.75) is 51.7 Å². The molecule has 6 nitrogen and oxygen atoms in total. The summed E-state index contributed by atoms with van der Waals surface area (Å²) in [5.74, 6) is 1.04. The Labute approximate surface area is 106 Å². The maximum atomic E-state index is 11.6. The Kier molecular flexibility index (Phi) is 3.96. The molecule has 0 aliphatic heterocycles. The maximum Gasteiger partial charge on any atom is 0.322 e. The lowest BCUT2D eigenvalue weighted by Gasteiger charge is -2.25. The van der Waals surface area contributed by atoms with Crippen LogP contribution in [-0.4, -0.2) is 40.2 Å².